The number of ketones is 1. The number of anilines is 1. The second-order valence-corrected chi connectivity index (χ2v) is 8.33. The zero-order valence-corrected chi connectivity index (χ0v) is 17.4. The monoisotopic (exact) mass is 425 g/mol. The molecule has 0 saturated heterocycles. The van der Waals surface area contributed by atoms with Gasteiger partial charge in [0.25, 0.3) is 5.91 Å². The number of nitrogens with zero attached hydrogens (tertiary/aromatic N) is 2. The average molecular weight is 426 g/mol. The Kier molecular flexibility index (Phi) is 5.14. The molecule has 31 heavy (non-hydrogen) atoms. The Morgan fingerprint density at radius 1 is 0.903 bits per heavy atom. The van der Waals surface area contributed by atoms with Gasteiger partial charge >= 0.3 is 0 Å². The third-order valence-corrected chi connectivity index (χ3v) is 6.57. The number of fused-ring (bicyclic) bond motifs is 1. The molecule has 5 rings (SSSR count). The van der Waals surface area contributed by atoms with Crippen molar-refractivity contribution in [2.45, 2.75) is 11.1 Å². The maximum Gasteiger partial charge on any atom is 0.255 e. The lowest BCUT2D eigenvalue weighted by atomic mass is 10.0. The maximum atomic E-state index is 12.8. The van der Waals surface area contributed by atoms with Gasteiger partial charge in [-0.25, -0.2) is 0 Å². The van der Waals surface area contributed by atoms with Gasteiger partial charge in [-0.2, -0.15) is 0 Å². The number of carbonyl (C=O) groups excluding carboxylic acids is 2. The predicted molar refractivity (Wildman–Crippen MR) is 122 cm³/mol. The summed E-state index contributed by atoms with van der Waals surface area (Å²) >= 11 is 1.81. The van der Waals surface area contributed by atoms with Crippen LogP contribution in [0.25, 0.3) is 0 Å². The van der Waals surface area contributed by atoms with Crippen LogP contribution in [-0.4, -0.2) is 21.2 Å². The lowest BCUT2D eigenvalue weighted by molar-refractivity contribution is 0.102. The van der Waals surface area contributed by atoms with E-state index in [0.29, 0.717) is 16.7 Å². The normalized spacial score (nSPS) is 14.8. The lowest BCUT2D eigenvalue weighted by Crippen LogP contribution is -2.13. The fraction of sp³-hybridized carbons (Fsp3) is 0.0800. The van der Waals surface area contributed by atoms with E-state index in [-0.39, 0.29) is 17.1 Å². The highest BCUT2D eigenvalue weighted by Crippen LogP contribution is 2.43. The highest BCUT2D eigenvalue weighted by molar-refractivity contribution is 7.99. The van der Waals surface area contributed by atoms with Crippen LogP contribution in [-0.2, 0) is 5.75 Å². The van der Waals surface area contributed by atoms with Crippen LogP contribution < -0.4 is 5.32 Å². The van der Waals surface area contributed by atoms with Crippen LogP contribution in [0.1, 0.15) is 42.9 Å². The molecule has 5 nitrogen and oxygen atoms in total. The largest absolute Gasteiger partial charge is 0.332 e. The van der Waals surface area contributed by atoms with E-state index < -0.39 is 0 Å². The van der Waals surface area contributed by atoms with E-state index >= 15 is 0 Å². The Hall–Kier alpha value is -3.64. The first kappa shape index (κ1) is 19.3. The molecule has 0 bridgehead atoms. The quantitative estimate of drug-likeness (QED) is 0.449. The minimum Gasteiger partial charge on any atom is -0.332 e. The SMILES string of the molecule is O=C(Nc1ccn2c1CSC2c1cccnc1)c1ccc(C(=O)c2ccccc2)cc1. The van der Waals surface area contributed by atoms with Gasteiger partial charge in [-0.05, 0) is 24.3 Å². The van der Waals surface area contributed by atoms with Crippen LogP contribution in [0, 0.1) is 0 Å². The van der Waals surface area contributed by atoms with Crippen LogP contribution in [0.2, 0.25) is 0 Å². The first-order chi connectivity index (χ1) is 15.2. The summed E-state index contributed by atoms with van der Waals surface area (Å²) in [7, 11) is 0. The van der Waals surface area contributed by atoms with Crippen LogP contribution >= 0.6 is 11.8 Å². The van der Waals surface area contributed by atoms with Crippen molar-refractivity contribution in [1.29, 1.82) is 0 Å². The highest BCUT2D eigenvalue weighted by Gasteiger charge is 2.27. The van der Waals surface area contributed by atoms with Crippen molar-refractivity contribution in [3.05, 3.63) is 119 Å². The van der Waals surface area contributed by atoms with Crippen LogP contribution in [0.5, 0.6) is 0 Å². The summed E-state index contributed by atoms with van der Waals surface area (Å²) in [6, 6.07) is 21.8. The fourth-order valence-corrected chi connectivity index (χ4v) is 5.02. The summed E-state index contributed by atoms with van der Waals surface area (Å²) in [5.41, 5.74) is 4.74. The summed E-state index contributed by atoms with van der Waals surface area (Å²) in [5.74, 6) is 0.561. The smallest absolute Gasteiger partial charge is 0.255 e. The van der Waals surface area contributed by atoms with Gasteiger partial charge in [-0.1, -0.05) is 48.5 Å². The van der Waals surface area contributed by atoms with Gasteiger partial charge in [0.15, 0.2) is 5.78 Å². The molecule has 2 aromatic heterocycles. The predicted octanol–water partition coefficient (Wildman–Crippen LogP) is 5.16. The summed E-state index contributed by atoms with van der Waals surface area (Å²) in [6.45, 7) is 0. The number of benzene rings is 2. The molecule has 4 aromatic rings. The van der Waals surface area contributed by atoms with E-state index in [1.54, 1.807) is 54.4 Å². The van der Waals surface area contributed by atoms with Crippen molar-refractivity contribution in [3.8, 4) is 0 Å². The number of hydrogen-bond donors (Lipinski definition) is 1. The molecule has 0 saturated carbocycles. The second-order valence-electron chi connectivity index (χ2n) is 7.26. The van der Waals surface area contributed by atoms with Crippen LogP contribution in [0.4, 0.5) is 5.69 Å². The zero-order chi connectivity index (χ0) is 21.2. The molecule has 0 radical (unpaired) electrons. The van der Waals surface area contributed by atoms with Crippen LogP contribution in [0.3, 0.4) is 0 Å². The number of pyridine rings is 1. The molecule has 1 atom stereocenters. The fourth-order valence-electron chi connectivity index (χ4n) is 3.71. The number of aromatic nitrogens is 2. The molecule has 0 spiro atoms. The maximum absolute atomic E-state index is 12.8. The number of nitrogens with one attached hydrogen (secondary N) is 1. The molecule has 0 aliphatic carbocycles. The van der Waals surface area contributed by atoms with Gasteiger partial charge in [0.05, 0.1) is 11.4 Å². The molecule has 1 N–H and O–H groups in total. The Balaban J connectivity index is 1.31. The average Bonchev–Trinajstić information content (AvgIpc) is 3.43. The Labute approximate surface area is 184 Å². The number of amides is 1. The topological polar surface area (TPSA) is 64.0 Å². The first-order valence-electron chi connectivity index (χ1n) is 9.93. The molecule has 0 fully saturated rings. The van der Waals surface area contributed by atoms with Crippen molar-refractivity contribution >= 4 is 29.1 Å². The molecular formula is C25H19N3O2S. The molecule has 1 unspecified atom stereocenters. The van der Waals surface area contributed by atoms with E-state index in [2.05, 4.69) is 20.9 Å². The first-order valence-corrected chi connectivity index (χ1v) is 11.0. The van der Waals surface area contributed by atoms with Crippen molar-refractivity contribution < 1.29 is 9.59 Å². The van der Waals surface area contributed by atoms with Crippen molar-refractivity contribution in [2.24, 2.45) is 0 Å². The Morgan fingerprint density at radius 2 is 1.65 bits per heavy atom. The number of hydrogen-bond acceptors (Lipinski definition) is 4. The van der Waals surface area contributed by atoms with E-state index in [0.717, 1.165) is 22.7 Å². The van der Waals surface area contributed by atoms with Gasteiger partial charge in [-0.15, -0.1) is 11.8 Å². The molecule has 1 amide bonds. The molecular weight excluding hydrogens is 406 g/mol. The standard InChI is InChI=1S/C25H19N3O2S/c29-23(17-5-2-1-3-6-17)18-8-10-19(11-9-18)24(30)27-21-12-14-28-22(21)16-31-25(28)20-7-4-13-26-15-20/h1-15,25H,16H2,(H,27,30). The van der Waals surface area contributed by atoms with Gasteiger partial charge in [0.1, 0.15) is 5.37 Å². The molecule has 1 aliphatic heterocycles. The minimum atomic E-state index is -0.192. The van der Waals surface area contributed by atoms with Crippen molar-refractivity contribution in [1.82, 2.24) is 9.55 Å². The summed E-state index contributed by atoms with van der Waals surface area (Å²) < 4.78 is 2.18. The third-order valence-electron chi connectivity index (χ3n) is 5.32. The highest BCUT2D eigenvalue weighted by atomic mass is 32.2. The molecule has 3 heterocycles. The van der Waals surface area contributed by atoms with E-state index in [4.69, 9.17) is 0 Å². The second kappa shape index (κ2) is 8.24. The van der Waals surface area contributed by atoms with E-state index in [1.165, 1.54) is 0 Å². The van der Waals surface area contributed by atoms with E-state index in [9.17, 15) is 9.59 Å². The van der Waals surface area contributed by atoms with Gasteiger partial charge < -0.3 is 9.88 Å². The van der Waals surface area contributed by atoms with Gasteiger partial charge in [-0.3, -0.25) is 14.6 Å². The molecule has 152 valence electrons. The Bertz CT molecular complexity index is 1240. The minimum absolute atomic E-state index is 0.0590. The van der Waals surface area contributed by atoms with E-state index in [1.807, 2.05) is 42.7 Å². The Morgan fingerprint density at radius 3 is 2.39 bits per heavy atom. The van der Waals surface area contributed by atoms with Gasteiger partial charge in [0.2, 0.25) is 0 Å². The lowest BCUT2D eigenvalue weighted by Gasteiger charge is -2.12. The summed E-state index contributed by atoms with van der Waals surface area (Å²) in [6.07, 6.45) is 5.65. The number of rotatable bonds is 5. The summed E-state index contributed by atoms with van der Waals surface area (Å²) in [4.78, 5) is 29.6. The summed E-state index contributed by atoms with van der Waals surface area (Å²) in [5, 5.41) is 3.18. The number of carbonyl (C=O) groups is 2. The molecule has 1 aliphatic rings. The number of thioether (sulfide) groups is 1. The van der Waals surface area contributed by atoms with Crippen molar-refractivity contribution in [3.63, 3.8) is 0 Å². The molecule has 6 heteroatoms. The van der Waals surface area contributed by atoms with Crippen LogP contribution in [0.15, 0.2) is 91.4 Å². The van der Waals surface area contributed by atoms with Gasteiger partial charge in [0, 0.05) is 46.6 Å². The van der Waals surface area contributed by atoms with Crippen molar-refractivity contribution in [2.75, 3.05) is 5.32 Å². The third kappa shape index (κ3) is 3.78. The molecule has 2 aromatic carbocycles. The zero-order valence-electron chi connectivity index (χ0n) is 16.6.